The Kier molecular flexibility index (Phi) is 5.31. The molecule has 0 aliphatic heterocycles. The number of rotatable bonds is 5. The van der Waals surface area contributed by atoms with Crippen LogP contribution in [0.3, 0.4) is 0 Å². The zero-order chi connectivity index (χ0) is 15.4. The number of benzene rings is 2. The van der Waals surface area contributed by atoms with E-state index in [1.807, 2.05) is 31.2 Å². The van der Waals surface area contributed by atoms with E-state index >= 15 is 0 Å². The molecule has 21 heavy (non-hydrogen) atoms. The van der Waals surface area contributed by atoms with Gasteiger partial charge in [-0.15, -0.1) is 0 Å². The number of hydrogen-bond donors (Lipinski definition) is 1. The molecule has 0 spiro atoms. The lowest BCUT2D eigenvalue weighted by Crippen LogP contribution is -2.18. The molecule has 0 aliphatic carbocycles. The Morgan fingerprint density at radius 2 is 1.81 bits per heavy atom. The maximum absolute atomic E-state index is 13.7. The van der Waals surface area contributed by atoms with Crippen LogP contribution in [-0.4, -0.2) is 13.7 Å². The van der Waals surface area contributed by atoms with Gasteiger partial charge in [-0.2, -0.15) is 0 Å². The summed E-state index contributed by atoms with van der Waals surface area (Å²) in [7, 11) is 1.77. The predicted octanol–water partition coefficient (Wildman–Crippen LogP) is 4.43. The first kappa shape index (κ1) is 15.9. The Labute approximate surface area is 131 Å². The summed E-state index contributed by atoms with van der Waals surface area (Å²) in [5.74, 6) is -0.966. The number of hydrogen-bond acceptors (Lipinski definition) is 2. The highest BCUT2D eigenvalue weighted by molar-refractivity contribution is 9.10. The summed E-state index contributed by atoms with van der Waals surface area (Å²) in [6.07, 6.45) is 0. The molecule has 0 amide bonds. The van der Waals surface area contributed by atoms with Gasteiger partial charge in [-0.1, -0.05) is 18.2 Å². The van der Waals surface area contributed by atoms with E-state index in [1.165, 1.54) is 0 Å². The average Bonchev–Trinajstić information content (AvgIpc) is 2.50. The van der Waals surface area contributed by atoms with Crippen molar-refractivity contribution in [1.82, 2.24) is 5.32 Å². The first-order valence-electron chi connectivity index (χ1n) is 6.61. The molecule has 0 bridgehead atoms. The first-order chi connectivity index (χ1) is 10.1. The second-order valence-corrected chi connectivity index (χ2v) is 5.28. The molecule has 0 aliphatic rings. The molecule has 1 N–H and O–H groups in total. The Balaban J connectivity index is 2.37. The monoisotopic (exact) mass is 355 g/mol. The van der Waals surface area contributed by atoms with E-state index in [-0.39, 0.29) is 10.5 Å². The van der Waals surface area contributed by atoms with Crippen LogP contribution in [0.25, 0.3) is 0 Å². The van der Waals surface area contributed by atoms with Crippen molar-refractivity contribution in [2.45, 2.75) is 13.0 Å². The molecule has 2 nitrogen and oxygen atoms in total. The Morgan fingerprint density at radius 1 is 1.14 bits per heavy atom. The minimum Gasteiger partial charge on any atom is -0.494 e. The van der Waals surface area contributed by atoms with Crippen molar-refractivity contribution >= 4 is 15.9 Å². The highest BCUT2D eigenvalue weighted by Gasteiger charge is 2.19. The summed E-state index contributed by atoms with van der Waals surface area (Å²) in [5, 5.41) is 3.11. The van der Waals surface area contributed by atoms with Crippen LogP contribution < -0.4 is 10.1 Å². The molecule has 0 saturated heterocycles. The summed E-state index contributed by atoms with van der Waals surface area (Å²) >= 11 is 3.13. The summed E-state index contributed by atoms with van der Waals surface area (Å²) in [5.41, 5.74) is 1.58. The van der Waals surface area contributed by atoms with Gasteiger partial charge in [0.05, 0.1) is 17.1 Å². The van der Waals surface area contributed by atoms with Crippen molar-refractivity contribution < 1.29 is 13.5 Å². The molecular weight excluding hydrogens is 340 g/mol. The van der Waals surface area contributed by atoms with E-state index in [0.29, 0.717) is 12.2 Å². The van der Waals surface area contributed by atoms with Crippen LogP contribution in [0.4, 0.5) is 8.78 Å². The Bertz CT molecular complexity index is 616. The van der Waals surface area contributed by atoms with Crippen LogP contribution in [0.5, 0.6) is 5.75 Å². The summed E-state index contributed by atoms with van der Waals surface area (Å²) in [6, 6.07) is 9.98. The van der Waals surface area contributed by atoms with Crippen molar-refractivity contribution in [3.8, 4) is 5.75 Å². The van der Waals surface area contributed by atoms with Gasteiger partial charge in [-0.3, -0.25) is 0 Å². The van der Waals surface area contributed by atoms with Gasteiger partial charge in [0, 0.05) is 0 Å². The lowest BCUT2D eigenvalue weighted by Gasteiger charge is -2.19. The van der Waals surface area contributed by atoms with Gasteiger partial charge in [0.25, 0.3) is 0 Å². The van der Waals surface area contributed by atoms with Crippen LogP contribution in [0.2, 0.25) is 0 Å². The van der Waals surface area contributed by atoms with E-state index in [1.54, 1.807) is 13.1 Å². The molecular formula is C16H16BrF2NO. The normalized spacial score (nSPS) is 12.2. The zero-order valence-corrected chi connectivity index (χ0v) is 13.4. The van der Waals surface area contributed by atoms with Crippen LogP contribution in [0.15, 0.2) is 40.9 Å². The topological polar surface area (TPSA) is 21.3 Å². The van der Waals surface area contributed by atoms with Crippen LogP contribution in [0.1, 0.15) is 24.1 Å². The third-order valence-electron chi connectivity index (χ3n) is 3.19. The van der Waals surface area contributed by atoms with Gasteiger partial charge >= 0.3 is 0 Å². The maximum Gasteiger partial charge on any atom is 0.173 e. The number of nitrogens with one attached hydrogen (secondary N) is 1. The summed E-state index contributed by atoms with van der Waals surface area (Å²) in [4.78, 5) is 0. The molecule has 2 rings (SSSR count). The highest BCUT2D eigenvalue weighted by Crippen LogP contribution is 2.32. The zero-order valence-electron chi connectivity index (χ0n) is 11.8. The Morgan fingerprint density at radius 3 is 2.38 bits per heavy atom. The molecule has 1 unspecified atom stereocenters. The SMILES string of the molecule is CCOc1ccc(C(NC)c2ccc(F)c(F)c2Br)cc1. The van der Waals surface area contributed by atoms with Crippen LogP contribution >= 0.6 is 15.9 Å². The van der Waals surface area contributed by atoms with Crippen molar-refractivity contribution in [2.75, 3.05) is 13.7 Å². The standard InChI is InChI=1S/C16H16BrF2NO/c1-3-21-11-6-4-10(5-7-11)16(20-2)12-8-9-13(18)15(19)14(12)17/h4-9,16,20H,3H2,1-2H3. The van der Waals surface area contributed by atoms with Gasteiger partial charge in [-0.25, -0.2) is 8.78 Å². The van der Waals surface area contributed by atoms with E-state index in [0.717, 1.165) is 17.4 Å². The van der Waals surface area contributed by atoms with E-state index in [4.69, 9.17) is 4.74 Å². The molecule has 0 heterocycles. The van der Waals surface area contributed by atoms with Crippen LogP contribution in [-0.2, 0) is 0 Å². The fourth-order valence-corrected chi connectivity index (χ4v) is 2.74. The minimum absolute atomic E-state index is 0.135. The van der Waals surface area contributed by atoms with Gasteiger partial charge in [0.1, 0.15) is 5.75 Å². The quantitative estimate of drug-likeness (QED) is 0.800. The minimum atomic E-state index is -0.876. The first-order valence-corrected chi connectivity index (χ1v) is 7.41. The largest absolute Gasteiger partial charge is 0.494 e. The van der Waals surface area contributed by atoms with Crippen molar-refractivity contribution in [2.24, 2.45) is 0 Å². The van der Waals surface area contributed by atoms with Crippen molar-refractivity contribution in [3.63, 3.8) is 0 Å². The molecule has 0 aromatic heterocycles. The fraction of sp³-hybridized carbons (Fsp3) is 0.250. The second kappa shape index (κ2) is 7.00. The molecule has 1 atom stereocenters. The molecule has 112 valence electrons. The van der Waals surface area contributed by atoms with E-state index < -0.39 is 11.6 Å². The molecule has 5 heteroatoms. The molecule has 0 radical (unpaired) electrons. The van der Waals surface area contributed by atoms with Gasteiger partial charge in [0.15, 0.2) is 11.6 Å². The molecule has 0 saturated carbocycles. The number of ether oxygens (including phenoxy) is 1. The molecule has 2 aromatic rings. The lowest BCUT2D eigenvalue weighted by molar-refractivity contribution is 0.340. The highest BCUT2D eigenvalue weighted by atomic mass is 79.9. The summed E-state index contributed by atoms with van der Waals surface area (Å²) < 4.78 is 32.5. The van der Waals surface area contributed by atoms with E-state index in [9.17, 15) is 8.78 Å². The number of halogens is 3. The van der Waals surface area contributed by atoms with Gasteiger partial charge < -0.3 is 10.1 Å². The van der Waals surface area contributed by atoms with Crippen molar-refractivity contribution in [1.29, 1.82) is 0 Å². The Hall–Kier alpha value is -1.46. The lowest BCUT2D eigenvalue weighted by atomic mass is 9.98. The van der Waals surface area contributed by atoms with Crippen molar-refractivity contribution in [3.05, 3.63) is 63.6 Å². The maximum atomic E-state index is 13.7. The fourth-order valence-electron chi connectivity index (χ4n) is 2.19. The van der Waals surface area contributed by atoms with Crippen LogP contribution in [0, 0.1) is 11.6 Å². The molecule has 0 fully saturated rings. The average molecular weight is 356 g/mol. The predicted molar refractivity (Wildman–Crippen MR) is 82.6 cm³/mol. The second-order valence-electron chi connectivity index (χ2n) is 4.49. The van der Waals surface area contributed by atoms with Gasteiger partial charge in [-0.05, 0) is 59.2 Å². The smallest absolute Gasteiger partial charge is 0.173 e. The molecule has 2 aromatic carbocycles. The third kappa shape index (κ3) is 3.41. The summed E-state index contributed by atoms with van der Waals surface area (Å²) in [6.45, 7) is 2.52. The van der Waals surface area contributed by atoms with E-state index in [2.05, 4.69) is 21.2 Å². The third-order valence-corrected chi connectivity index (χ3v) is 4.00. The van der Waals surface area contributed by atoms with Gasteiger partial charge in [0.2, 0.25) is 0 Å².